The first-order valence-corrected chi connectivity index (χ1v) is 11.8. The molecular weight excluding hydrogens is 504 g/mol. The van der Waals surface area contributed by atoms with Crippen LogP contribution in [0.5, 0.6) is 29.0 Å². The molecule has 37 heavy (non-hydrogen) atoms. The second-order valence-corrected chi connectivity index (χ2v) is 8.98. The quantitative estimate of drug-likeness (QED) is 0.458. The van der Waals surface area contributed by atoms with Gasteiger partial charge in [-0.1, -0.05) is 0 Å². The normalized spacial score (nSPS) is 16.7. The zero-order chi connectivity index (χ0) is 26.1. The number of rotatable bonds is 5. The lowest BCUT2D eigenvalue weighted by Gasteiger charge is -2.18. The Morgan fingerprint density at radius 3 is 2.14 bits per heavy atom. The van der Waals surface area contributed by atoms with Crippen molar-refractivity contribution in [3.05, 3.63) is 47.9 Å². The van der Waals surface area contributed by atoms with Crippen molar-refractivity contribution in [2.75, 3.05) is 27.2 Å². The predicted molar refractivity (Wildman–Crippen MR) is 130 cm³/mol. The van der Waals surface area contributed by atoms with Crippen LogP contribution >= 0.6 is 11.3 Å². The number of nitrogens with zero attached hydrogens (tertiary/aromatic N) is 2. The van der Waals surface area contributed by atoms with Crippen molar-refractivity contribution in [2.24, 2.45) is 0 Å². The van der Waals surface area contributed by atoms with E-state index in [1.54, 1.807) is 17.5 Å². The molecule has 0 amide bonds. The van der Waals surface area contributed by atoms with Crippen molar-refractivity contribution < 1.29 is 42.9 Å². The van der Waals surface area contributed by atoms with Crippen molar-refractivity contribution in [3.8, 4) is 40.1 Å². The highest BCUT2D eigenvalue weighted by atomic mass is 32.1. The van der Waals surface area contributed by atoms with E-state index >= 15 is 0 Å². The molecule has 4 heterocycles. The lowest BCUT2D eigenvalue weighted by atomic mass is 10.0. The van der Waals surface area contributed by atoms with Crippen LogP contribution in [0.1, 0.15) is 0 Å². The Kier molecular flexibility index (Phi) is 6.42. The number of aromatic nitrogens is 1. The molecule has 0 N–H and O–H groups in total. The second kappa shape index (κ2) is 9.84. The number of carbonyl (C=O) groups excluding carboxylic acids is 4. The molecule has 11 nitrogen and oxygen atoms in total. The number of benzene rings is 1. The molecule has 0 saturated carbocycles. The number of ether oxygens (including phenoxy) is 5. The Labute approximate surface area is 213 Å². The third kappa shape index (κ3) is 5.06. The first kappa shape index (κ1) is 24.2. The maximum absolute atomic E-state index is 12.5. The molecule has 2 bridgehead atoms. The Morgan fingerprint density at radius 1 is 0.838 bits per heavy atom. The zero-order valence-corrected chi connectivity index (χ0v) is 20.3. The van der Waals surface area contributed by atoms with Gasteiger partial charge in [-0.3, -0.25) is 0 Å². The van der Waals surface area contributed by atoms with E-state index in [0.717, 1.165) is 35.5 Å². The van der Waals surface area contributed by atoms with Crippen LogP contribution in [-0.4, -0.2) is 61.0 Å². The molecule has 0 aliphatic carbocycles. The van der Waals surface area contributed by atoms with E-state index in [2.05, 4.69) is 4.98 Å². The summed E-state index contributed by atoms with van der Waals surface area (Å²) in [5, 5.41) is 2.44. The van der Waals surface area contributed by atoms with Gasteiger partial charge in [0.15, 0.2) is 5.75 Å². The Hall–Kier alpha value is -4.55. The van der Waals surface area contributed by atoms with E-state index in [4.69, 9.17) is 23.7 Å². The third-order valence-corrected chi connectivity index (χ3v) is 6.12. The summed E-state index contributed by atoms with van der Waals surface area (Å²) in [4.78, 5) is 55.3. The third-order valence-electron chi connectivity index (χ3n) is 5.18. The van der Waals surface area contributed by atoms with Crippen molar-refractivity contribution in [1.82, 2.24) is 9.88 Å². The molecule has 2 aliphatic heterocycles. The van der Waals surface area contributed by atoms with Crippen molar-refractivity contribution >= 4 is 45.3 Å². The van der Waals surface area contributed by atoms with Crippen LogP contribution in [-0.2, 0) is 19.2 Å². The van der Waals surface area contributed by atoms with Crippen LogP contribution in [0.15, 0.2) is 47.9 Å². The van der Waals surface area contributed by atoms with E-state index in [9.17, 15) is 19.2 Å². The summed E-state index contributed by atoms with van der Waals surface area (Å²) in [6.07, 6.45) is 3.43. The minimum absolute atomic E-state index is 0.0603. The van der Waals surface area contributed by atoms with E-state index in [1.807, 2.05) is 25.1 Å². The Bertz CT molecular complexity index is 1520. The minimum Gasteiger partial charge on any atom is -0.492 e. The molecule has 0 unspecified atom stereocenters. The number of likely N-dealkylation sites (N-methyl/N-ethyl adjacent to an activating group) is 1. The summed E-state index contributed by atoms with van der Waals surface area (Å²) < 4.78 is 28.0. The van der Waals surface area contributed by atoms with Gasteiger partial charge in [0.2, 0.25) is 11.6 Å². The highest BCUT2D eigenvalue weighted by Gasteiger charge is 2.33. The highest BCUT2D eigenvalue weighted by molar-refractivity contribution is 7.17. The number of esters is 4. The Morgan fingerprint density at radius 2 is 1.46 bits per heavy atom. The second-order valence-electron chi connectivity index (χ2n) is 8.07. The van der Waals surface area contributed by atoms with Gasteiger partial charge in [-0.25, -0.2) is 19.2 Å². The molecule has 2 aliphatic rings. The average Bonchev–Trinajstić information content (AvgIpc) is 3.26. The lowest BCUT2D eigenvalue weighted by molar-refractivity contribution is -0.134. The average molecular weight is 522 g/mol. The molecule has 12 heteroatoms. The minimum atomic E-state index is -0.949. The summed E-state index contributed by atoms with van der Waals surface area (Å²) in [5.41, 5.74) is 0.535. The molecule has 0 spiro atoms. The van der Waals surface area contributed by atoms with Crippen LogP contribution in [0.3, 0.4) is 0 Å². The summed E-state index contributed by atoms with van der Waals surface area (Å²) >= 11 is 1.36. The molecule has 2 aromatic heterocycles. The van der Waals surface area contributed by atoms with Gasteiger partial charge >= 0.3 is 23.9 Å². The van der Waals surface area contributed by atoms with Gasteiger partial charge in [0.25, 0.3) is 5.88 Å². The monoisotopic (exact) mass is 522 g/mol. The first-order chi connectivity index (χ1) is 17.8. The first-order valence-electron chi connectivity index (χ1n) is 10.9. The topological polar surface area (TPSA) is 131 Å². The van der Waals surface area contributed by atoms with Crippen LogP contribution < -0.4 is 23.7 Å². The summed E-state index contributed by atoms with van der Waals surface area (Å²) in [5.74, 6) is -4.58. The molecule has 3 aromatic rings. The van der Waals surface area contributed by atoms with E-state index in [-0.39, 0.29) is 17.2 Å². The number of hydrogen-bond acceptors (Lipinski definition) is 12. The largest absolute Gasteiger partial charge is 0.492 e. The van der Waals surface area contributed by atoms with Crippen LogP contribution in [0.25, 0.3) is 21.2 Å². The van der Waals surface area contributed by atoms with Crippen molar-refractivity contribution in [1.29, 1.82) is 0 Å². The molecular formula is C25H18N2O9S. The van der Waals surface area contributed by atoms with Crippen LogP contribution in [0, 0.1) is 0 Å². The number of hydrogen-bond donors (Lipinski definition) is 0. The van der Waals surface area contributed by atoms with E-state index in [0.29, 0.717) is 23.3 Å². The summed E-state index contributed by atoms with van der Waals surface area (Å²) in [7, 11) is 3.90. The number of fused-ring (bicyclic) bond motifs is 5. The standard InChI is InChI=1S/C25H18N2O9S/c1-27(2)9-10-32-13-3-4-14-15(12-37-16(14)11-13)21-22-23-25(36-20(31)8-6-18(29)34-23)26-24(21)35-19(30)7-5-17(28)33-22/h3-8,11-12H,9-10H2,1-2H3/b7-5-,8-6-. The van der Waals surface area contributed by atoms with E-state index in [1.165, 1.54) is 11.3 Å². The van der Waals surface area contributed by atoms with Crippen molar-refractivity contribution in [3.63, 3.8) is 0 Å². The van der Waals surface area contributed by atoms with Gasteiger partial charge in [-0.15, -0.1) is 11.3 Å². The fraction of sp³-hybridized carbons (Fsp3) is 0.160. The molecule has 0 atom stereocenters. The van der Waals surface area contributed by atoms with Gasteiger partial charge in [-0.05, 0) is 32.3 Å². The summed E-state index contributed by atoms with van der Waals surface area (Å²) in [6.45, 7) is 1.24. The Balaban J connectivity index is 1.68. The number of carbonyl (C=O) groups is 4. The van der Waals surface area contributed by atoms with Crippen LogP contribution in [0.4, 0.5) is 0 Å². The maximum atomic E-state index is 12.5. The maximum Gasteiger partial charge on any atom is 0.337 e. The lowest BCUT2D eigenvalue weighted by Crippen LogP contribution is -2.19. The highest BCUT2D eigenvalue weighted by Crippen LogP contribution is 2.51. The van der Waals surface area contributed by atoms with E-state index < -0.39 is 35.5 Å². The number of pyridine rings is 1. The molecule has 5 rings (SSSR count). The van der Waals surface area contributed by atoms with Gasteiger partial charge < -0.3 is 28.6 Å². The zero-order valence-electron chi connectivity index (χ0n) is 19.5. The number of thiophene rings is 1. The fourth-order valence-corrected chi connectivity index (χ4v) is 4.49. The molecule has 0 fully saturated rings. The molecule has 188 valence electrons. The van der Waals surface area contributed by atoms with Gasteiger partial charge in [0, 0.05) is 51.9 Å². The van der Waals surface area contributed by atoms with Crippen molar-refractivity contribution in [2.45, 2.75) is 0 Å². The molecule has 0 radical (unpaired) electrons. The molecule has 1 aromatic carbocycles. The van der Waals surface area contributed by atoms with Gasteiger partial charge in [0.05, 0.1) is 5.56 Å². The SMILES string of the molecule is CN(C)CCOc1ccc2c(-c3c4nc5c(c3OC(=O)/C=C\C(=O)O4)OC(=O)/C=C\C(=O)O5)csc2c1. The fourth-order valence-electron chi connectivity index (χ4n) is 3.51. The predicted octanol–water partition coefficient (Wildman–Crippen LogP) is 2.66. The smallest absolute Gasteiger partial charge is 0.337 e. The summed E-state index contributed by atoms with van der Waals surface area (Å²) in [6, 6.07) is 5.43. The van der Waals surface area contributed by atoms with Crippen LogP contribution in [0.2, 0.25) is 0 Å². The van der Waals surface area contributed by atoms with Gasteiger partial charge in [-0.2, -0.15) is 4.98 Å². The van der Waals surface area contributed by atoms with Gasteiger partial charge in [0.1, 0.15) is 12.4 Å². The molecule has 0 saturated heterocycles.